The summed E-state index contributed by atoms with van der Waals surface area (Å²) in [6.45, 7) is 2.36. The molecule has 2 rings (SSSR count). The molecule has 0 amide bonds. The number of nitrogens with zero attached hydrogens (tertiary/aromatic N) is 2. The molecule has 8 nitrogen and oxygen atoms in total. The fourth-order valence-corrected chi connectivity index (χ4v) is 0.885. The molecule has 0 aromatic rings. The van der Waals surface area contributed by atoms with Crippen molar-refractivity contribution in [1.82, 2.24) is 10.1 Å². The van der Waals surface area contributed by atoms with Gasteiger partial charge in [0.2, 0.25) is 0 Å². The first-order valence-corrected chi connectivity index (χ1v) is 4.87. The van der Waals surface area contributed by atoms with Crippen molar-refractivity contribution in [2.75, 3.05) is 26.2 Å². The summed E-state index contributed by atoms with van der Waals surface area (Å²) in [6, 6.07) is 0. The molecule has 0 radical (unpaired) electrons. The molecule has 2 fully saturated rings. The normalized spacial score (nSPS) is 23.4. The van der Waals surface area contributed by atoms with Gasteiger partial charge < -0.3 is 19.9 Å². The van der Waals surface area contributed by atoms with Crippen molar-refractivity contribution in [1.29, 1.82) is 0 Å². The zero-order valence-corrected chi connectivity index (χ0v) is 8.40. The Kier molecular flexibility index (Phi) is 3.06. The first kappa shape index (κ1) is 11.3. The van der Waals surface area contributed by atoms with E-state index in [1.807, 2.05) is 0 Å². The smallest absolute Gasteiger partial charge is 0.357 e. The number of aliphatic hydroxyl groups is 2. The minimum absolute atomic E-state index is 0.590. The third-order valence-corrected chi connectivity index (χ3v) is 2.03. The molecule has 0 saturated carbocycles. The third kappa shape index (κ3) is 2.89. The van der Waals surface area contributed by atoms with Crippen LogP contribution in [0.3, 0.4) is 0 Å². The van der Waals surface area contributed by atoms with Crippen molar-refractivity contribution >= 4 is 11.9 Å². The Bertz CT molecular complexity index is 271. The second kappa shape index (κ2) is 4.34. The van der Waals surface area contributed by atoms with Crippen LogP contribution in [-0.4, -0.2) is 70.7 Å². The highest BCUT2D eigenvalue weighted by Crippen LogP contribution is 2.10. The van der Waals surface area contributed by atoms with Crippen LogP contribution in [0.5, 0.6) is 0 Å². The summed E-state index contributed by atoms with van der Waals surface area (Å²) in [5.41, 5.74) is 0. The minimum Gasteiger partial charge on any atom is -0.379 e. The standard InChI is InChI=1S/C8H12N2O6/c11-5(7(13)15-9-1-2-9)6(12)8(14)16-10-3-4-10/h5-6,11-12H,1-4H2. The van der Waals surface area contributed by atoms with Gasteiger partial charge in [-0.25, -0.2) is 9.59 Å². The Morgan fingerprint density at radius 3 is 1.44 bits per heavy atom. The van der Waals surface area contributed by atoms with Crippen molar-refractivity contribution in [2.45, 2.75) is 12.2 Å². The van der Waals surface area contributed by atoms with E-state index in [9.17, 15) is 19.8 Å². The van der Waals surface area contributed by atoms with E-state index in [4.69, 9.17) is 0 Å². The van der Waals surface area contributed by atoms with Gasteiger partial charge in [-0.05, 0) is 0 Å². The fourth-order valence-electron chi connectivity index (χ4n) is 0.885. The average molecular weight is 232 g/mol. The number of carbonyl (C=O) groups is 2. The molecule has 2 saturated heterocycles. The maximum atomic E-state index is 11.1. The second-order valence-electron chi connectivity index (χ2n) is 3.57. The molecular formula is C8H12N2O6. The highest BCUT2D eigenvalue weighted by Gasteiger charge is 2.38. The minimum atomic E-state index is -1.92. The second-order valence-corrected chi connectivity index (χ2v) is 3.57. The van der Waals surface area contributed by atoms with Crippen molar-refractivity contribution in [3.63, 3.8) is 0 Å². The zero-order chi connectivity index (χ0) is 11.7. The summed E-state index contributed by atoms with van der Waals surface area (Å²) in [6.07, 6.45) is -3.85. The fraction of sp³-hybridized carbons (Fsp3) is 0.750. The summed E-state index contributed by atoms with van der Waals surface area (Å²) >= 11 is 0. The maximum absolute atomic E-state index is 11.1. The number of hydroxylamine groups is 4. The first-order valence-electron chi connectivity index (χ1n) is 4.87. The molecule has 2 atom stereocenters. The molecular weight excluding hydrogens is 220 g/mol. The van der Waals surface area contributed by atoms with Crippen LogP contribution in [-0.2, 0) is 19.3 Å². The molecule has 2 aliphatic rings. The predicted octanol–water partition coefficient (Wildman–Crippen LogP) is -2.74. The Morgan fingerprint density at radius 2 is 1.19 bits per heavy atom. The lowest BCUT2D eigenvalue weighted by Gasteiger charge is -2.15. The number of aliphatic hydroxyl groups excluding tert-OH is 2. The highest BCUT2D eigenvalue weighted by atomic mass is 16.7. The van der Waals surface area contributed by atoms with Crippen LogP contribution < -0.4 is 0 Å². The van der Waals surface area contributed by atoms with Gasteiger partial charge in [0.05, 0.1) is 26.2 Å². The van der Waals surface area contributed by atoms with E-state index in [-0.39, 0.29) is 0 Å². The van der Waals surface area contributed by atoms with Crippen LogP contribution in [0.25, 0.3) is 0 Å². The molecule has 0 aliphatic carbocycles. The lowest BCUT2D eigenvalue weighted by atomic mass is 10.2. The number of hydrogen-bond acceptors (Lipinski definition) is 8. The van der Waals surface area contributed by atoms with Crippen LogP contribution in [0.15, 0.2) is 0 Å². The lowest BCUT2D eigenvalue weighted by Crippen LogP contribution is -2.42. The third-order valence-electron chi connectivity index (χ3n) is 2.03. The monoisotopic (exact) mass is 232 g/mol. The quantitative estimate of drug-likeness (QED) is 0.492. The van der Waals surface area contributed by atoms with E-state index in [1.165, 1.54) is 10.1 Å². The van der Waals surface area contributed by atoms with Crippen molar-refractivity contribution in [2.24, 2.45) is 0 Å². The summed E-state index contributed by atoms with van der Waals surface area (Å²) in [5.74, 6) is -2.12. The average Bonchev–Trinajstić information content (AvgIpc) is 3.10. The van der Waals surface area contributed by atoms with Gasteiger partial charge in [0.25, 0.3) is 0 Å². The van der Waals surface area contributed by atoms with Gasteiger partial charge >= 0.3 is 11.9 Å². The van der Waals surface area contributed by atoms with Crippen molar-refractivity contribution in [3.05, 3.63) is 0 Å². The molecule has 0 bridgehead atoms. The van der Waals surface area contributed by atoms with E-state index in [0.717, 1.165) is 0 Å². The van der Waals surface area contributed by atoms with E-state index < -0.39 is 24.1 Å². The summed E-state index contributed by atoms with van der Waals surface area (Å²) < 4.78 is 0. The summed E-state index contributed by atoms with van der Waals surface area (Å²) in [7, 11) is 0. The van der Waals surface area contributed by atoms with E-state index in [2.05, 4.69) is 9.68 Å². The molecule has 90 valence electrons. The van der Waals surface area contributed by atoms with Crippen LogP contribution in [0, 0.1) is 0 Å². The SMILES string of the molecule is O=C(ON1CC1)C(O)C(O)C(=O)ON1CC1. The van der Waals surface area contributed by atoms with E-state index in [1.54, 1.807) is 0 Å². The van der Waals surface area contributed by atoms with Crippen LogP contribution >= 0.6 is 0 Å². The van der Waals surface area contributed by atoms with Crippen molar-refractivity contribution in [3.8, 4) is 0 Å². The molecule has 2 heterocycles. The van der Waals surface area contributed by atoms with Crippen LogP contribution in [0.4, 0.5) is 0 Å². The molecule has 2 aliphatic heterocycles. The van der Waals surface area contributed by atoms with Crippen LogP contribution in [0.1, 0.15) is 0 Å². The highest BCUT2D eigenvalue weighted by molar-refractivity contribution is 5.85. The Balaban J connectivity index is 1.78. The van der Waals surface area contributed by atoms with Crippen LogP contribution in [0.2, 0.25) is 0 Å². The number of rotatable bonds is 5. The van der Waals surface area contributed by atoms with Gasteiger partial charge in [0, 0.05) is 0 Å². The summed E-state index contributed by atoms with van der Waals surface area (Å²) in [4.78, 5) is 31.4. The van der Waals surface area contributed by atoms with Gasteiger partial charge in [0.1, 0.15) is 0 Å². The molecule has 0 aromatic carbocycles. The number of carbonyl (C=O) groups excluding carboxylic acids is 2. The topological polar surface area (TPSA) is 99.1 Å². The van der Waals surface area contributed by atoms with Crippen molar-refractivity contribution < 1.29 is 29.5 Å². The molecule has 0 aromatic heterocycles. The van der Waals surface area contributed by atoms with E-state index in [0.29, 0.717) is 26.2 Å². The molecule has 2 N–H and O–H groups in total. The predicted molar refractivity (Wildman–Crippen MR) is 47.3 cm³/mol. The Hall–Kier alpha value is -1.22. The molecule has 16 heavy (non-hydrogen) atoms. The maximum Gasteiger partial charge on any atom is 0.357 e. The largest absolute Gasteiger partial charge is 0.379 e. The molecule has 2 unspecified atom stereocenters. The van der Waals surface area contributed by atoms with Gasteiger partial charge in [-0.1, -0.05) is 0 Å². The summed E-state index contributed by atoms with van der Waals surface area (Å²) in [5, 5.41) is 21.2. The van der Waals surface area contributed by atoms with Gasteiger partial charge in [0.15, 0.2) is 12.2 Å². The Labute approximate surface area is 90.8 Å². The van der Waals surface area contributed by atoms with Gasteiger partial charge in [-0.2, -0.15) is 0 Å². The Morgan fingerprint density at radius 1 is 0.875 bits per heavy atom. The van der Waals surface area contributed by atoms with Gasteiger partial charge in [-0.15, -0.1) is 10.1 Å². The first-order chi connectivity index (χ1) is 7.58. The zero-order valence-electron chi connectivity index (χ0n) is 8.40. The molecule has 0 spiro atoms. The number of hydrogen-bond donors (Lipinski definition) is 2. The lowest BCUT2D eigenvalue weighted by molar-refractivity contribution is -0.196. The molecule has 8 heteroatoms. The van der Waals surface area contributed by atoms with Gasteiger partial charge in [-0.3, -0.25) is 0 Å². The van der Waals surface area contributed by atoms with E-state index >= 15 is 0 Å².